The second kappa shape index (κ2) is 4.73. The van der Waals surface area contributed by atoms with Gasteiger partial charge in [0.05, 0.1) is 16.7 Å². The second-order valence-electron chi connectivity index (χ2n) is 3.99. The summed E-state index contributed by atoms with van der Waals surface area (Å²) < 4.78 is 26.5. The van der Waals surface area contributed by atoms with E-state index in [2.05, 4.69) is 14.9 Å². The Bertz CT molecular complexity index is 703. The molecular formula is C11H13N5O2S. The predicted molar refractivity (Wildman–Crippen MR) is 71.6 cm³/mol. The first-order valence-corrected chi connectivity index (χ1v) is 6.86. The molecule has 0 aliphatic rings. The van der Waals surface area contributed by atoms with Crippen molar-refractivity contribution in [3.63, 3.8) is 0 Å². The van der Waals surface area contributed by atoms with E-state index in [9.17, 15) is 8.42 Å². The van der Waals surface area contributed by atoms with Gasteiger partial charge in [0.15, 0.2) is 0 Å². The van der Waals surface area contributed by atoms with Gasteiger partial charge in [0, 0.05) is 0 Å². The van der Waals surface area contributed by atoms with Crippen LogP contribution in [0.3, 0.4) is 0 Å². The van der Waals surface area contributed by atoms with Crippen LogP contribution >= 0.6 is 0 Å². The highest BCUT2D eigenvalue weighted by atomic mass is 32.2. The number of nitrogens with zero attached hydrogens (tertiary/aromatic N) is 1. The highest BCUT2D eigenvalue weighted by molar-refractivity contribution is 7.92. The SMILES string of the molecule is Cc1ccc(S(=O)(=O)Nc2[nH]ncc2C(=N)N)cc1. The maximum atomic E-state index is 12.1. The molecule has 7 nitrogen and oxygen atoms in total. The molecule has 0 saturated carbocycles. The van der Waals surface area contributed by atoms with Gasteiger partial charge >= 0.3 is 0 Å². The monoisotopic (exact) mass is 279 g/mol. The number of aromatic amines is 1. The van der Waals surface area contributed by atoms with Crippen LogP contribution in [-0.2, 0) is 10.0 Å². The van der Waals surface area contributed by atoms with Crippen molar-refractivity contribution in [3.8, 4) is 0 Å². The number of nitrogens with one attached hydrogen (secondary N) is 3. The van der Waals surface area contributed by atoms with Crippen molar-refractivity contribution >= 4 is 21.7 Å². The van der Waals surface area contributed by atoms with Crippen molar-refractivity contribution in [2.75, 3.05) is 4.72 Å². The number of hydrogen-bond donors (Lipinski definition) is 4. The topological polar surface area (TPSA) is 125 Å². The molecule has 0 fully saturated rings. The zero-order chi connectivity index (χ0) is 14.0. The van der Waals surface area contributed by atoms with Gasteiger partial charge < -0.3 is 5.73 Å². The maximum Gasteiger partial charge on any atom is 0.263 e. The zero-order valence-corrected chi connectivity index (χ0v) is 11.0. The molecule has 19 heavy (non-hydrogen) atoms. The fourth-order valence-electron chi connectivity index (χ4n) is 1.48. The summed E-state index contributed by atoms with van der Waals surface area (Å²) in [7, 11) is -3.73. The first-order valence-electron chi connectivity index (χ1n) is 5.37. The number of hydrogen-bond acceptors (Lipinski definition) is 4. The van der Waals surface area contributed by atoms with Gasteiger partial charge in [-0.25, -0.2) is 8.42 Å². The Labute approximate surface area is 110 Å². The number of amidine groups is 1. The van der Waals surface area contributed by atoms with E-state index >= 15 is 0 Å². The van der Waals surface area contributed by atoms with Gasteiger partial charge in [0.2, 0.25) is 0 Å². The molecule has 0 bridgehead atoms. The molecule has 0 aliphatic heterocycles. The molecule has 0 aliphatic carbocycles. The third kappa shape index (κ3) is 2.74. The standard InChI is InChI=1S/C11H13N5O2S/c1-7-2-4-8(5-3-7)19(17,18)16-11-9(10(12)13)6-14-15-11/h2-6H,1H3,(H3,12,13)(H2,14,15,16). The van der Waals surface area contributed by atoms with E-state index in [0.717, 1.165) is 5.56 Å². The summed E-state index contributed by atoms with van der Waals surface area (Å²) in [6.07, 6.45) is 1.29. The molecule has 5 N–H and O–H groups in total. The fourth-order valence-corrected chi connectivity index (χ4v) is 2.52. The number of sulfonamides is 1. The first kappa shape index (κ1) is 13.1. The third-order valence-corrected chi connectivity index (χ3v) is 3.86. The van der Waals surface area contributed by atoms with E-state index < -0.39 is 10.0 Å². The molecule has 0 radical (unpaired) electrons. The number of nitrogen functional groups attached to an aromatic ring is 1. The van der Waals surface area contributed by atoms with Crippen LogP contribution in [-0.4, -0.2) is 24.5 Å². The average Bonchev–Trinajstić information content (AvgIpc) is 2.77. The number of anilines is 1. The maximum absolute atomic E-state index is 12.1. The molecule has 0 unspecified atom stereocenters. The number of nitrogens with two attached hydrogens (primary N) is 1. The van der Waals surface area contributed by atoms with E-state index in [1.165, 1.54) is 18.3 Å². The van der Waals surface area contributed by atoms with Crippen LogP contribution in [0.1, 0.15) is 11.1 Å². The summed E-state index contributed by atoms with van der Waals surface area (Å²) in [5.74, 6) is -0.191. The van der Waals surface area contributed by atoms with Crippen LogP contribution in [0.4, 0.5) is 5.82 Å². The van der Waals surface area contributed by atoms with Crippen LogP contribution in [0, 0.1) is 12.3 Å². The van der Waals surface area contributed by atoms with E-state index in [1.807, 2.05) is 6.92 Å². The Morgan fingerprint density at radius 2 is 2.00 bits per heavy atom. The lowest BCUT2D eigenvalue weighted by molar-refractivity contribution is 0.601. The molecule has 1 aromatic heterocycles. The van der Waals surface area contributed by atoms with Crippen LogP contribution in [0.5, 0.6) is 0 Å². The minimum Gasteiger partial charge on any atom is -0.384 e. The molecule has 8 heteroatoms. The molecule has 2 aromatic rings. The van der Waals surface area contributed by atoms with Gasteiger partial charge in [-0.1, -0.05) is 17.7 Å². The largest absolute Gasteiger partial charge is 0.384 e. The number of benzene rings is 1. The minimum atomic E-state index is -3.73. The van der Waals surface area contributed by atoms with Crippen LogP contribution < -0.4 is 10.5 Å². The van der Waals surface area contributed by atoms with Gasteiger partial charge in [-0.2, -0.15) is 5.10 Å². The Morgan fingerprint density at radius 3 is 2.58 bits per heavy atom. The lowest BCUT2D eigenvalue weighted by Crippen LogP contribution is -2.18. The van der Waals surface area contributed by atoms with Crippen molar-refractivity contribution in [3.05, 3.63) is 41.6 Å². The highest BCUT2D eigenvalue weighted by Crippen LogP contribution is 2.17. The van der Waals surface area contributed by atoms with Gasteiger partial charge in [-0.05, 0) is 19.1 Å². The van der Waals surface area contributed by atoms with Gasteiger partial charge in [-0.3, -0.25) is 15.2 Å². The first-order chi connectivity index (χ1) is 8.90. The lowest BCUT2D eigenvalue weighted by atomic mass is 10.2. The molecule has 1 aromatic carbocycles. The van der Waals surface area contributed by atoms with Crippen LogP contribution in [0.25, 0.3) is 0 Å². The molecule has 2 rings (SSSR count). The molecule has 0 amide bonds. The van der Waals surface area contributed by atoms with Crippen LogP contribution in [0.15, 0.2) is 35.4 Å². The van der Waals surface area contributed by atoms with Gasteiger partial charge in [0.1, 0.15) is 11.7 Å². The lowest BCUT2D eigenvalue weighted by Gasteiger charge is -2.07. The van der Waals surface area contributed by atoms with Gasteiger partial charge in [-0.15, -0.1) is 0 Å². The third-order valence-electron chi connectivity index (χ3n) is 2.50. The van der Waals surface area contributed by atoms with Crippen molar-refractivity contribution in [1.29, 1.82) is 5.41 Å². The smallest absolute Gasteiger partial charge is 0.263 e. The fraction of sp³-hybridized carbons (Fsp3) is 0.0909. The van der Waals surface area contributed by atoms with E-state index in [-0.39, 0.29) is 22.1 Å². The summed E-state index contributed by atoms with van der Waals surface area (Å²) in [5.41, 5.74) is 6.49. The van der Waals surface area contributed by atoms with E-state index in [4.69, 9.17) is 11.1 Å². The minimum absolute atomic E-state index is 0.0769. The number of H-pyrrole nitrogens is 1. The van der Waals surface area contributed by atoms with Gasteiger partial charge in [0.25, 0.3) is 10.0 Å². The van der Waals surface area contributed by atoms with E-state index in [1.54, 1.807) is 12.1 Å². The summed E-state index contributed by atoms with van der Waals surface area (Å²) in [4.78, 5) is 0.127. The van der Waals surface area contributed by atoms with Crippen molar-refractivity contribution in [2.24, 2.45) is 5.73 Å². The quantitative estimate of drug-likeness (QED) is 0.488. The summed E-state index contributed by atoms with van der Waals surface area (Å²) in [5, 5.41) is 13.4. The van der Waals surface area contributed by atoms with Crippen molar-refractivity contribution in [2.45, 2.75) is 11.8 Å². The Kier molecular flexibility index (Phi) is 3.26. The van der Waals surface area contributed by atoms with Crippen molar-refractivity contribution < 1.29 is 8.42 Å². The Morgan fingerprint density at radius 1 is 1.37 bits per heavy atom. The number of aryl methyl sites for hydroxylation is 1. The second-order valence-corrected chi connectivity index (χ2v) is 5.67. The molecule has 0 saturated heterocycles. The zero-order valence-electron chi connectivity index (χ0n) is 10.1. The summed E-state index contributed by atoms with van der Waals surface area (Å²) in [6, 6.07) is 6.41. The van der Waals surface area contributed by atoms with Crippen molar-refractivity contribution in [1.82, 2.24) is 10.2 Å². The molecular weight excluding hydrogens is 266 g/mol. The summed E-state index contributed by atoms with van der Waals surface area (Å²) in [6.45, 7) is 1.87. The molecule has 0 atom stereocenters. The normalized spacial score (nSPS) is 11.2. The highest BCUT2D eigenvalue weighted by Gasteiger charge is 2.17. The molecule has 0 spiro atoms. The predicted octanol–water partition coefficient (Wildman–Crippen LogP) is 0.803. The Balaban J connectivity index is 2.34. The molecule has 1 heterocycles. The average molecular weight is 279 g/mol. The summed E-state index contributed by atoms with van der Waals surface area (Å²) >= 11 is 0. The van der Waals surface area contributed by atoms with E-state index in [0.29, 0.717) is 0 Å². The number of rotatable bonds is 4. The number of aromatic nitrogens is 2. The van der Waals surface area contributed by atoms with Crippen LogP contribution in [0.2, 0.25) is 0 Å². The molecule has 100 valence electrons. The Hall–Kier alpha value is -2.35.